The van der Waals surface area contributed by atoms with Crippen molar-refractivity contribution in [1.29, 1.82) is 0 Å². The summed E-state index contributed by atoms with van der Waals surface area (Å²) in [5.74, 6) is -0.972. The molecule has 2 amide bonds. The van der Waals surface area contributed by atoms with Crippen LogP contribution in [-0.4, -0.2) is 80.0 Å². The smallest absolute Gasteiger partial charge is 0.352 e. The zero-order valence-electron chi connectivity index (χ0n) is 21.5. The Kier molecular flexibility index (Phi) is 6.96. The quantitative estimate of drug-likeness (QED) is 0.232. The summed E-state index contributed by atoms with van der Waals surface area (Å²) < 4.78 is 6.03. The van der Waals surface area contributed by atoms with Crippen LogP contribution in [0.5, 0.6) is 0 Å². The number of carbonyl (C=O) groups excluding carboxylic acids is 2. The normalized spacial score (nSPS) is 23.2. The molecule has 5 heterocycles. The molecule has 0 saturated carbocycles. The number of carboxylic acids is 1. The van der Waals surface area contributed by atoms with Gasteiger partial charge in [-0.15, -0.1) is 23.1 Å². The van der Waals surface area contributed by atoms with Gasteiger partial charge in [0.25, 0.3) is 11.8 Å². The third-order valence-corrected chi connectivity index (χ3v) is 8.64. The van der Waals surface area contributed by atoms with Crippen molar-refractivity contribution >= 4 is 57.6 Å². The highest BCUT2D eigenvalue weighted by Crippen LogP contribution is 2.41. The lowest BCUT2D eigenvalue weighted by atomic mass is 10.0. The minimum Gasteiger partial charge on any atom is -0.477 e. The lowest BCUT2D eigenvalue weighted by molar-refractivity contribution is -0.150. The van der Waals surface area contributed by atoms with E-state index in [-0.39, 0.29) is 28.8 Å². The molecule has 2 unspecified atom stereocenters. The number of allylic oxidation sites excluding steroid dienone is 2. The van der Waals surface area contributed by atoms with E-state index in [1.807, 2.05) is 41.3 Å². The minimum absolute atomic E-state index is 0.106. The van der Waals surface area contributed by atoms with Crippen LogP contribution in [0.25, 0.3) is 0 Å². The summed E-state index contributed by atoms with van der Waals surface area (Å²) in [6, 6.07) is 8.62. The van der Waals surface area contributed by atoms with Gasteiger partial charge in [0.1, 0.15) is 29.9 Å². The summed E-state index contributed by atoms with van der Waals surface area (Å²) >= 11 is 2.49. The molecule has 1 aromatic carbocycles. The lowest BCUT2D eigenvalue weighted by Crippen LogP contribution is -2.71. The van der Waals surface area contributed by atoms with Crippen LogP contribution in [0.3, 0.4) is 0 Å². The molecule has 6 rings (SSSR count). The lowest BCUT2D eigenvalue weighted by Gasteiger charge is -2.49. The van der Waals surface area contributed by atoms with Crippen LogP contribution in [0, 0.1) is 0 Å². The minimum atomic E-state index is -1.23. The molecule has 4 aliphatic rings. The number of aliphatic imine (C=N–C) groups is 1. The Hall–Kier alpha value is -4.63. The van der Waals surface area contributed by atoms with Crippen LogP contribution in [0.2, 0.25) is 0 Å². The highest BCUT2D eigenvalue weighted by molar-refractivity contribution is 8.00. The van der Waals surface area contributed by atoms with Gasteiger partial charge < -0.3 is 30.6 Å². The van der Waals surface area contributed by atoms with Crippen molar-refractivity contribution in [2.24, 2.45) is 10.1 Å². The molecule has 0 aliphatic carbocycles. The highest BCUT2D eigenvalue weighted by Gasteiger charge is 2.54. The second kappa shape index (κ2) is 10.7. The number of nitrogen functional groups attached to an aromatic ring is 1. The van der Waals surface area contributed by atoms with Crippen LogP contribution < -0.4 is 11.1 Å². The third-order valence-electron chi connectivity index (χ3n) is 6.63. The summed E-state index contributed by atoms with van der Waals surface area (Å²) in [4.78, 5) is 55.2. The Morgan fingerprint density at radius 2 is 2.12 bits per heavy atom. The number of thiazole rings is 1. The van der Waals surface area contributed by atoms with E-state index in [2.05, 4.69) is 15.5 Å². The van der Waals surface area contributed by atoms with Crippen LogP contribution in [-0.2, 0) is 24.0 Å². The molecule has 1 saturated heterocycles. The molecule has 41 heavy (non-hydrogen) atoms. The SMILES string of the molecule is CO/N=C(\C(=O)NC1C(=O)N2C(C(=O)O)=C(CN3C=CC=C4OC(c5ccccc5)N=C43)CS[C@H]12)c1csc(N)n1. The molecule has 210 valence electrons. The van der Waals surface area contributed by atoms with Crippen molar-refractivity contribution in [3.63, 3.8) is 0 Å². The molecule has 1 aromatic heterocycles. The number of aliphatic carboxylic acids is 1. The topological polar surface area (TPSA) is 172 Å². The average Bonchev–Trinajstić information content (AvgIpc) is 3.61. The zero-order chi connectivity index (χ0) is 28.7. The van der Waals surface area contributed by atoms with Gasteiger partial charge in [-0.1, -0.05) is 35.5 Å². The number of thioether (sulfide) groups is 1. The Labute approximate surface area is 241 Å². The number of nitrogens with one attached hydrogen (secondary N) is 1. The van der Waals surface area contributed by atoms with Crippen LogP contribution >= 0.6 is 23.1 Å². The third kappa shape index (κ3) is 4.82. The number of carbonyl (C=O) groups is 3. The molecule has 1 fully saturated rings. The molecule has 0 spiro atoms. The largest absolute Gasteiger partial charge is 0.477 e. The number of β-lactam (4-membered cyclic amide) rings is 1. The van der Waals surface area contributed by atoms with Crippen LogP contribution in [0.1, 0.15) is 17.5 Å². The molecular weight excluding hydrogens is 570 g/mol. The fourth-order valence-electron chi connectivity index (χ4n) is 4.81. The van der Waals surface area contributed by atoms with E-state index >= 15 is 0 Å². The maximum absolute atomic E-state index is 13.2. The number of amides is 2. The maximum atomic E-state index is 13.2. The number of ether oxygens (including phenoxy) is 1. The highest BCUT2D eigenvalue weighted by atomic mass is 32.2. The summed E-state index contributed by atoms with van der Waals surface area (Å²) in [7, 11) is 1.28. The van der Waals surface area contributed by atoms with E-state index < -0.39 is 35.4 Å². The number of nitrogens with zero attached hydrogens (tertiary/aromatic N) is 5. The number of hydrogen-bond donors (Lipinski definition) is 3. The number of oxime groups is 1. The van der Waals surface area contributed by atoms with Crippen molar-refractivity contribution in [2.45, 2.75) is 17.6 Å². The summed E-state index contributed by atoms with van der Waals surface area (Å²) in [5.41, 5.74) is 7.07. The summed E-state index contributed by atoms with van der Waals surface area (Å²) in [6.07, 6.45) is 4.90. The van der Waals surface area contributed by atoms with Gasteiger partial charge in [0.2, 0.25) is 6.23 Å². The summed E-state index contributed by atoms with van der Waals surface area (Å²) in [5, 5.41) is 17.7. The van der Waals surface area contributed by atoms with E-state index in [0.29, 0.717) is 22.9 Å². The number of aromatic nitrogens is 1. The van der Waals surface area contributed by atoms with Gasteiger partial charge in [0.05, 0.1) is 0 Å². The van der Waals surface area contributed by atoms with Gasteiger partial charge in [0, 0.05) is 29.4 Å². The number of nitrogens with two attached hydrogens (primary N) is 1. The molecule has 3 atom stereocenters. The molecule has 4 N–H and O–H groups in total. The second-order valence-electron chi connectivity index (χ2n) is 9.15. The molecule has 0 radical (unpaired) electrons. The van der Waals surface area contributed by atoms with Gasteiger partial charge in [-0.05, 0) is 17.7 Å². The first-order valence-electron chi connectivity index (χ1n) is 12.3. The number of anilines is 1. The number of fused-ring (bicyclic) bond motifs is 2. The molecule has 4 aliphatic heterocycles. The van der Waals surface area contributed by atoms with Crippen molar-refractivity contribution in [2.75, 3.05) is 25.1 Å². The van der Waals surface area contributed by atoms with E-state index in [0.717, 1.165) is 16.9 Å². The van der Waals surface area contributed by atoms with Gasteiger partial charge in [0.15, 0.2) is 22.4 Å². The van der Waals surface area contributed by atoms with Crippen molar-refractivity contribution in [3.05, 3.63) is 82.4 Å². The number of carboxylic acid groups (broad SMARTS) is 1. The number of benzene rings is 1. The van der Waals surface area contributed by atoms with Gasteiger partial charge >= 0.3 is 5.97 Å². The van der Waals surface area contributed by atoms with Crippen molar-refractivity contribution in [1.82, 2.24) is 20.1 Å². The van der Waals surface area contributed by atoms with E-state index in [4.69, 9.17) is 20.3 Å². The second-order valence-corrected chi connectivity index (χ2v) is 11.1. The fraction of sp³-hybridized carbons (Fsp3) is 0.231. The Morgan fingerprint density at radius 3 is 2.83 bits per heavy atom. The maximum Gasteiger partial charge on any atom is 0.352 e. The first kappa shape index (κ1) is 26.6. The predicted octanol–water partition coefficient (Wildman–Crippen LogP) is 1.66. The van der Waals surface area contributed by atoms with Crippen LogP contribution in [0.4, 0.5) is 5.13 Å². The predicted molar refractivity (Wildman–Crippen MR) is 151 cm³/mol. The standard InChI is InChI=1S/C26H23N7O6S2/c1-38-31-17(15-12-41-26(27)28-15)21(34)29-18-23(35)33-19(25(36)37)14(11-40-24(18)33)10-32-9-5-8-16-20(32)30-22(39-16)13-6-3-2-4-7-13/h2-9,12,18,22,24H,10-11H2,1H3,(H2,27,28)(H,29,34)(H,36,37)/b31-17-/t18?,22?,24-/m1/s1. The Balaban J connectivity index is 1.20. The Bertz CT molecular complexity index is 1580. The number of hydrogen-bond acceptors (Lipinski definition) is 12. The van der Waals surface area contributed by atoms with E-state index in [9.17, 15) is 19.5 Å². The van der Waals surface area contributed by atoms with Gasteiger partial charge in [-0.2, -0.15) is 0 Å². The van der Waals surface area contributed by atoms with Gasteiger partial charge in [-0.3, -0.25) is 14.5 Å². The van der Waals surface area contributed by atoms with Crippen molar-refractivity contribution in [3.8, 4) is 0 Å². The van der Waals surface area contributed by atoms with Crippen molar-refractivity contribution < 1.29 is 29.1 Å². The molecular formula is C26H23N7O6S2. The van der Waals surface area contributed by atoms with Gasteiger partial charge in [-0.25, -0.2) is 14.8 Å². The molecule has 2 aromatic rings. The molecule has 13 nitrogen and oxygen atoms in total. The van der Waals surface area contributed by atoms with E-state index in [1.54, 1.807) is 17.7 Å². The molecule has 0 bridgehead atoms. The average molecular weight is 594 g/mol. The fourth-order valence-corrected chi connectivity index (χ4v) is 6.69. The van der Waals surface area contributed by atoms with Crippen LogP contribution in [0.15, 0.2) is 81.2 Å². The Morgan fingerprint density at radius 1 is 1.32 bits per heavy atom. The first-order chi connectivity index (χ1) is 19.9. The zero-order valence-corrected chi connectivity index (χ0v) is 23.1. The number of amidine groups is 1. The monoisotopic (exact) mass is 593 g/mol. The number of rotatable bonds is 8. The first-order valence-corrected chi connectivity index (χ1v) is 14.3. The summed E-state index contributed by atoms with van der Waals surface area (Å²) in [6.45, 7) is 0.190. The molecule has 15 heteroatoms. The van der Waals surface area contributed by atoms with E-state index in [1.165, 1.54) is 23.8 Å².